The van der Waals surface area contributed by atoms with Crippen molar-refractivity contribution in [1.82, 2.24) is 15.5 Å². The van der Waals surface area contributed by atoms with E-state index in [4.69, 9.17) is 0 Å². The zero-order valence-corrected chi connectivity index (χ0v) is 8.44. The van der Waals surface area contributed by atoms with E-state index in [1.807, 2.05) is 13.8 Å². The van der Waals surface area contributed by atoms with Crippen LogP contribution in [0.25, 0.3) is 0 Å². The van der Waals surface area contributed by atoms with Gasteiger partial charge in [-0.1, -0.05) is 18.3 Å². The number of carbonyl (C=O) groups is 1. The smallest absolute Gasteiger partial charge is 0.321 e. The van der Waals surface area contributed by atoms with E-state index >= 15 is 0 Å². The zero-order chi connectivity index (χ0) is 9.68. The van der Waals surface area contributed by atoms with Crippen molar-refractivity contribution < 1.29 is 4.79 Å². The van der Waals surface area contributed by atoms with Gasteiger partial charge in [-0.25, -0.2) is 4.79 Å². The molecular weight excluding hydrogens is 188 g/mol. The highest BCUT2D eigenvalue weighted by molar-refractivity contribution is 7.15. The van der Waals surface area contributed by atoms with Crippen molar-refractivity contribution in [3.8, 4) is 0 Å². The molecule has 1 heterocycles. The van der Waals surface area contributed by atoms with Gasteiger partial charge in [-0.2, -0.15) is 0 Å². The van der Waals surface area contributed by atoms with Crippen LogP contribution in [0.5, 0.6) is 0 Å². The van der Waals surface area contributed by atoms with Crippen LogP contribution in [0.3, 0.4) is 0 Å². The van der Waals surface area contributed by atoms with Crippen molar-refractivity contribution >= 4 is 22.5 Å². The fourth-order valence-electron chi connectivity index (χ4n) is 0.749. The first-order valence-electron chi connectivity index (χ1n) is 4.13. The Bertz CT molecular complexity index is 286. The topological polar surface area (TPSA) is 66.9 Å². The largest absolute Gasteiger partial charge is 0.338 e. The molecule has 0 aliphatic carbocycles. The predicted octanol–water partition coefficient (Wildman–Crippen LogP) is 1.24. The molecule has 1 aromatic rings. The summed E-state index contributed by atoms with van der Waals surface area (Å²) in [6, 6.07) is -0.235. The van der Waals surface area contributed by atoms with E-state index < -0.39 is 0 Å². The van der Waals surface area contributed by atoms with Crippen molar-refractivity contribution in [1.29, 1.82) is 0 Å². The second kappa shape index (κ2) is 4.76. The third-order valence-corrected chi connectivity index (χ3v) is 2.31. The number of urea groups is 1. The lowest BCUT2D eigenvalue weighted by atomic mass is 10.5. The Labute approximate surface area is 80.6 Å². The first kappa shape index (κ1) is 9.91. The third kappa shape index (κ3) is 2.98. The van der Waals surface area contributed by atoms with E-state index in [-0.39, 0.29) is 6.03 Å². The molecule has 5 nitrogen and oxygen atoms in total. The molecule has 2 N–H and O–H groups in total. The van der Waals surface area contributed by atoms with Crippen molar-refractivity contribution in [3.63, 3.8) is 0 Å². The lowest BCUT2D eigenvalue weighted by Crippen LogP contribution is -2.28. The summed E-state index contributed by atoms with van der Waals surface area (Å²) in [6.45, 7) is 4.46. The molecule has 6 heteroatoms. The van der Waals surface area contributed by atoms with Gasteiger partial charge in [0.15, 0.2) is 0 Å². The van der Waals surface area contributed by atoms with Crippen molar-refractivity contribution in [2.24, 2.45) is 0 Å². The Morgan fingerprint density at radius 1 is 1.46 bits per heavy atom. The van der Waals surface area contributed by atoms with Crippen LogP contribution in [0, 0.1) is 0 Å². The quantitative estimate of drug-likeness (QED) is 0.771. The average Bonchev–Trinajstić information content (AvgIpc) is 2.52. The fraction of sp³-hybridized carbons (Fsp3) is 0.571. The lowest BCUT2D eigenvalue weighted by molar-refractivity contribution is 0.252. The summed E-state index contributed by atoms with van der Waals surface area (Å²) in [5.74, 6) is 0. The lowest BCUT2D eigenvalue weighted by Gasteiger charge is -1.99. The fourth-order valence-corrected chi connectivity index (χ4v) is 1.42. The average molecular weight is 200 g/mol. The maximum atomic E-state index is 11.0. The monoisotopic (exact) mass is 200 g/mol. The Morgan fingerprint density at radius 2 is 2.23 bits per heavy atom. The maximum absolute atomic E-state index is 11.0. The van der Waals surface area contributed by atoms with Crippen LogP contribution in [-0.4, -0.2) is 22.8 Å². The molecule has 0 bridgehead atoms. The van der Waals surface area contributed by atoms with Crippen LogP contribution in [-0.2, 0) is 6.42 Å². The van der Waals surface area contributed by atoms with Crippen LogP contribution in [0.4, 0.5) is 9.93 Å². The summed E-state index contributed by atoms with van der Waals surface area (Å²) in [5, 5.41) is 14.3. The van der Waals surface area contributed by atoms with Crippen LogP contribution < -0.4 is 10.6 Å². The van der Waals surface area contributed by atoms with Gasteiger partial charge in [-0.05, 0) is 13.3 Å². The van der Waals surface area contributed by atoms with Crippen LogP contribution in [0.1, 0.15) is 18.9 Å². The molecule has 0 saturated carbocycles. The van der Waals surface area contributed by atoms with E-state index in [9.17, 15) is 4.79 Å². The van der Waals surface area contributed by atoms with E-state index in [2.05, 4.69) is 20.8 Å². The molecule has 0 aliphatic heterocycles. The molecule has 1 rings (SSSR count). The molecule has 0 radical (unpaired) electrons. The van der Waals surface area contributed by atoms with Crippen LogP contribution in [0.2, 0.25) is 0 Å². The summed E-state index contributed by atoms with van der Waals surface area (Å²) in [4.78, 5) is 11.0. The highest BCUT2D eigenvalue weighted by Crippen LogP contribution is 2.14. The molecule has 0 spiro atoms. The molecule has 72 valence electrons. The minimum Gasteiger partial charge on any atom is -0.338 e. The van der Waals surface area contributed by atoms with Crippen molar-refractivity contribution in [2.75, 3.05) is 11.9 Å². The summed E-state index contributed by atoms with van der Waals surface area (Å²) < 4.78 is 0. The molecule has 0 saturated heterocycles. The highest BCUT2D eigenvalue weighted by atomic mass is 32.1. The Morgan fingerprint density at radius 3 is 2.77 bits per heavy atom. The molecule has 0 aliphatic rings. The number of carbonyl (C=O) groups excluding carboxylic acids is 1. The number of hydrogen-bond acceptors (Lipinski definition) is 4. The van der Waals surface area contributed by atoms with Gasteiger partial charge in [0.05, 0.1) is 0 Å². The van der Waals surface area contributed by atoms with E-state index in [1.165, 1.54) is 11.3 Å². The van der Waals surface area contributed by atoms with Gasteiger partial charge < -0.3 is 5.32 Å². The minimum atomic E-state index is -0.235. The minimum absolute atomic E-state index is 0.235. The zero-order valence-electron chi connectivity index (χ0n) is 7.63. The number of aromatic nitrogens is 2. The second-order valence-corrected chi connectivity index (χ2v) is 3.40. The maximum Gasteiger partial charge on any atom is 0.321 e. The molecule has 0 atom stereocenters. The Kier molecular flexibility index (Phi) is 3.63. The van der Waals surface area contributed by atoms with E-state index in [0.29, 0.717) is 11.7 Å². The number of amides is 2. The van der Waals surface area contributed by atoms with Crippen LogP contribution >= 0.6 is 11.3 Å². The molecular formula is C7H12N4OS. The molecule has 0 unspecified atom stereocenters. The molecule has 0 aromatic carbocycles. The first-order valence-corrected chi connectivity index (χ1v) is 4.95. The summed E-state index contributed by atoms with van der Waals surface area (Å²) >= 11 is 1.39. The number of aryl methyl sites for hydroxylation is 1. The van der Waals surface area contributed by atoms with Crippen LogP contribution in [0.15, 0.2) is 0 Å². The van der Waals surface area contributed by atoms with E-state index in [0.717, 1.165) is 11.4 Å². The molecule has 1 aromatic heterocycles. The number of nitrogens with zero attached hydrogens (tertiary/aromatic N) is 2. The van der Waals surface area contributed by atoms with E-state index in [1.54, 1.807) is 0 Å². The van der Waals surface area contributed by atoms with Crippen molar-refractivity contribution in [2.45, 2.75) is 20.3 Å². The summed E-state index contributed by atoms with van der Waals surface area (Å²) in [7, 11) is 0. The number of nitrogens with one attached hydrogen (secondary N) is 2. The SMILES string of the molecule is CCNC(=O)Nc1nnc(CC)s1. The van der Waals surface area contributed by atoms with Gasteiger partial charge >= 0.3 is 6.03 Å². The van der Waals surface area contributed by atoms with Gasteiger partial charge in [-0.15, -0.1) is 10.2 Å². The second-order valence-electron chi connectivity index (χ2n) is 2.34. The number of anilines is 1. The van der Waals surface area contributed by atoms with Crippen molar-refractivity contribution in [3.05, 3.63) is 5.01 Å². The van der Waals surface area contributed by atoms with Gasteiger partial charge in [0.25, 0.3) is 0 Å². The number of rotatable bonds is 3. The van der Waals surface area contributed by atoms with Gasteiger partial charge in [0.2, 0.25) is 5.13 Å². The summed E-state index contributed by atoms with van der Waals surface area (Å²) in [5.41, 5.74) is 0. The predicted molar refractivity (Wildman–Crippen MR) is 52.0 cm³/mol. The normalized spacial score (nSPS) is 9.69. The molecule has 0 fully saturated rings. The molecule has 13 heavy (non-hydrogen) atoms. The third-order valence-electron chi connectivity index (χ3n) is 1.33. The highest BCUT2D eigenvalue weighted by Gasteiger charge is 2.04. The summed E-state index contributed by atoms with van der Waals surface area (Å²) in [6.07, 6.45) is 0.842. The Hall–Kier alpha value is -1.17. The molecule has 2 amide bonds. The Balaban J connectivity index is 2.49. The number of hydrogen-bond donors (Lipinski definition) is 2. The van der Waals surface area contributed by atoms with Gasteiger partial charge in [0.1, 0.15) is 5.01 Å². The van der Waals surface area contributed by atoms with Gasteiger partial charge in [-0.3, -0.25) is 5.32 Å². The first-order chi connectivity index (χ1) is 6.26. The standard InChI is InChI=1S/C7H12N4OS/c1-3-5-10-11-7(13-5)9-6(12)8-4-2/h3-4H2,1-2H3,(H2,8,9,11,12). The van der Waals surface area contributed by atoms with Gasteiger partial charge in [0, 0.05) is 6.54 Å².